The minimum absolute atomic E-state index is 0.0143. The Morgan fingerprint density at radius 2 is 2.00 bits per heavy atom. The van der Waals surface area contributed by atoms with Crippen LogP contribution in [-0.2, 0) is 0 Å². The number of carboxylic acid groups (broad SMARTS) is 1. The molecule has 0 aromatic carbocycles. The third-order valence-electron chi connectivity index (χ3n) is 2.63. The number of carboxylic acids is 1. The van der Waals surface area contributed by atoms with Gasteiger partial charge < -0.3 is 15.7 Å². The number of nitrogens with two attached hydrogens (primary N) is 1. The van der Waals surface area contributed by atoms with Crippen LogP contribution in [0.1, 0.15) is 29.8 Å². The number of hydrogen-bond donors (Lipinski definition) is 2. The molecule has 0 amide bonds. The zero-order valence-corrected chi connectivity index (χ0v) is 8.89. The summed E-state index contributed by atoms with van der Waals surface area (Å²) in [4.78, 5) is 20.6. The number of carbonyl (C=O) groups is 1. The summed E-state index contributed by atoms with van der Waals surface area (Å²) in [5, 5.41) is 8.87. The molecule has 1 aliphatic rings. The van der Waals surface area contributed by atoms with Crippen molar-refractivity contribution in [2.45, 2.75) is 19.3 Å². The van der Waals surface area contributed by atoms with Crippen molar-refractivity contribution in [3.8, 4) is 0 Å². The first-order chi connectivity index (χ1) is 7.66. The Hall–Kier alpha value is -1.85. The van der Waals surface area contributed by atoms with Crippen LogP contribution in [0.15, 0.2) is 6.07 Å². The number of aromatic nitrogens is 2. The van der Waals surface area contributed by atoms with E-state index in [0.717, 1.165) is 25.9 Å². The number of nitrogen functional groups attached to an aromatic ring is 1. The highest BCUT2D eigenvalue weighted by Crippen LogP contribution is 2.18. The molecule has 86 valence electrons. The first-order valence-electron chi connectivity index (χ1n) is 5.29. The van der Waals surface area contributed by atoms with Gasteiger partial charge in [-0.1, -0.05) is 0 Å². The molecule has 16 heavy (non-hydrogen) atoms. The number of rotatable bonds is 2. The van der Waals surface area contributed by atoms with Gasteiger partial charge >= 0.3 is 5.97 Å². The Balaban J connectivity index is 2.28. The van der Waals surface area contributed by atoms with Crippen LogP contribution in [0, 0.1) is 0 Å². The van der Waals surface area contributed by atoms with Crippen molar-refractivity contribution in [2.24, 2.45) is 0 Å². The van der Waals surface area contributed by atoms with Gasteiger partial charge in [-0.3, -0.25) is 0 Å². The van der Waals surface area contributed by atoms with E-state index in [-0.39, 0.29) is 11.6 Å². The summed E-state index contributed by atoms with van der Waals surface area (Å²) in [5.74, 6) is -0.447. The predicted molar refractivity (Wildman–Crippen MR) is 59.5 cm³/mol. The SMILES string of the molecule is Nc1nc(C(=O)O)cc(N2CCCCC2)n1. The molecular weight excluding hydrogens is 208 g/mol. The zero-order valence-electron chi connectivity index (χ0n) is 8.89. The Labute approximate surface area is 93.1 Å². The molecule has 0 saturated carbocycles. The summed E-state index contributed by atoms with van der Waals surface area (Å²) in [6.45, 7) is 1.80. The normalized spacial score (nSPS) is 16.1. The fraction of sp³-hybridized carbons (Fsp3) is 0.500. The average Bonchev–Trinajstić information content (AvgIpc) is 2.29. The Bertz CT molecular complexity index is 402. The second-order valence-electron chi connectivity index (χ2n) is 3.82. The predicted octanol–water partition coefficient (Wildman–Crippen LogP) is 0.747. The molecule has 1 aromatic rings. The van der Waals surface area contributed by atoms with E-state index in [1.54, 1.807) is 0 Å². The van der Waals surface area contributed by atoms with Crippen LogP contribution in [0.25, 0.3) is 0 Å². The van der Waals surface area contributed by atoms with Crippen LogP contribution < -0.4 is 10.6 Å². The fourth-order valence-corrected chi connectivity index (χ4v) is 1.85. The molecule has 2 rings (SSSR count). The van der Waals surface area contributed by atoms with Gasteiger partial charge in [0.2, 0.25) is 5.95 Å². The number of nitrogens with zero attached hydrogens (tertiary/aromatic N) is 3. The summed E-state index contributed by atoms with van der Waals surface area (Å²) in [6, 6.07) is 1.48. The largest absolute Gasteiger partial charge is 0.477 e. The molecule has 6 nitrogen and oxygen atoms in total. The van der Waals surface area contributed by atoms with Crippen LogP contribution in [0.2, 0.25) is 0 Å². The van der Waals surface area contributed by atoms with E-state index in [1.165, 1.54) is 12.5 Å². The summed E-state index contributed by atoms with van der Waals surface area (Å²) < 4.78 is 0. The van der Waals surface area contributed by atoms with Gasteiger partial charge in [-0.05, 0) is 19.3 Å². The second-order valence-corrected chi connectivity index (χ2v) is 3.82. The second kappa shape index (κ2) is 4.34. The monoisotopic (exact) mass is 222 g/mol. The molecule has 2 heterocycles. The number of anilines is 2. The summed E-state index contributed by atoms with van der Waals surface area (Å²) >= 11 is 0. The van der Waals surface area contributed by atoms with Crippen molar-refractivity contribution in [3.63, 3.8) is 0 Å². The average molecular weight is 222 g/mol. The zero-order chi connectivity index (χ0) is 11.5. The quantitative estimate of drug-likeness (QED) is 0.767. The minimum Gasteiger partial charge on any atom is -0.477 e. The lowest BCUT2D eigenvalue weighted by molar-refractivity contribution is 0.0690. The molecule has 0 spiro atoms. The first-order valence-corrected chi connectivity index (χ1v) is 5.29. The standard InChI is InChI=1S/C10H14N4O2/c11-10-12-7(9(15)16)6-8(13-10)14-4-2-1-3-5-14/h6H,1-5H2,(H,15,16)(H2,11,12,13). The van der Waals surface area contributed by atoms with Crippen molar-refractivity contribution < 1.29 is 9.90 Å². The van der Waals surface area contributed by atoms with E-state index in [1.807, 2.05) is 4.90 Å². The van der Waals surface area contributed by atoms with Crippen molar-refractivity contribution in [2.75, 3.05) is 23.7 Å². The molecule has 1 aromatic heterocycles. The Kier molecular flexibility index (Phi) is 2.89. The van der Waals surface area contributed by atoms with Gasteiger partial charge in [0.05, 0.1) is 0 Å². The van der Waals surface area contributed by atoms with Crippen LogP contribution in [0.4, 0.5) is 11.8 Å². The molecule has 0 bridgehead atoms. The molecule has 3 N–H and O–H groups in total. The maximum absolute atomic E-state index is 10.8. The van der Waals surface area contributed by atoms with Gasteiger partial charge in [0, 0.05) is 19.2 Å². The van der Waals surface area contributed by atoms with Crippen molar-refractivity contribution in [1.29, 1.82) is 0 Å². The number of hydrogen-bond acceptors (Lipinski definition) is 5. The summed E-state index contributed by atoms with van der Waals surface area (Å²) in [6.07, 6.45) is 3.42. The number of aromatic carboxylic acids is 1. The van der Waals surface area contributed by atoms with E-state index >= 15 is 0 Å². The molecule has 6 heteroatoms. The molecule has 1 fully saturated rings. The molecule has 0 aliphatic carbocycles. The van der Waals surface area contributed by atoms with Crippen LogP contribution in [-0.4, -0.2) is 34.1 Å². The van der Waals surface area contributed by atoms with E-state index < -0.39 is 5.97 Å². The summed E-state index contributed by atoms with van der Waals surface area (Å²) in [5.41, 5.74) is 5.44. The maximum Gasteiger partial charge on any atom is 0.354 e. The third-order valence-corrected chi connectivity index (χ3v) is 2.63. The molecule has 1 saturated heterocycles. The van der Waals surface area contributed by atoms with Gasteiger partial charge in [-0.25, -0.2) is 9.78 Å². The van der Waals surface area contributed by atoms with E-state index in [2.05, 4.69) is 9.97 Å². The van der Waals surface area contributed by atoms with Gasteiger partial charge in [0.1, 0.15) is 5.82 Å². The lowest BCUT2D eigenvalue weighted by Gasteiger charge is -2.27. The molecule has 0 atom stereocenters. The van der Waals surface area contributed by atoms with E-state index in [4.69, 9.17) is 10.8 Å². The van der Waals surface area contributed by atoms with Gasteiger partial charge in [0.15, 0.2) is 5.69 Å². The van der Waals surface area contributed by atoms with Crippen molar-refractivity contribution in [1.82, 2.24) is 9.97 Å². The Morgan fingerprint density at radius 1 is 1.31 bits per heavy atom. The lowest BCUT2D eigenvalue weighted by atomic mass is 10.1. The van der Waals surface area contributed by atoms with E-state index in [9.17, 15) is 4.79 Å². The lowest BCUT2D eigenvalue weighted by Crippen LogP contribution is -2.30. The highest BCUT2D eigenvalue weighted by Gasteiger charge is 2.16. The smallest absolute Gasteiger partial charge is 0.354 e. The first kappa shape index (κ1) is 10.7. The molecule has 0 radical (unpaired) electrons. The number of piperidine rings is 1. The van der Waals surface area contributed by atoms with Crippen LogP contribution in [0.3, 0.4) is 0 Å². The van der Waals surface area contributed by atoms with Gasteiger partial charge in [0.25, 0.3) is 0 Å². The summed E-state index contributed by atoms with van der Waals surface area (Å²) in [7, 11) is 0. The Morgan fingerprint density at radius 3 is 2.62 bits per heavy atom. The van der Waals surface area contributed by atoms with Gasteiger partial charge in [-0.2, -0.15) is 4.98 Å². The van der Waals surface area contributed by atoms with Gasteiger partial charge in [-0.15, -0.1) is 0 Å². The highest BCUT2D eigenvalue weighted by molar-refractivity contribution is 5.86. The maximum atomic E-state index is 10.8. The molecule has 0 unspecified atom stereocenters. The molecule has 1 aliphatic heterocycles. The van der Waals surface area contributed by atoms with Crippen molar-refractivity contribution in [3.05, 3.63) is 11.8 Å². The van der Waals surface area contributed by atoms with Crippen molar-refractivity contribution >= 4 is 17.7 Å². The highest BCUT2D eigenvalue weighted by atomic mass is 16.4. The van der Waals surface area contributed by atoms with Crippen LogP contribution in [0.5, 0.6) is 0 Å². The van der Waals surface area contributed by atoms with E-state index in [0.29, 0.717) is 5.82 Å². The topological polar surface area (TPSA) is 92.3 Å². The third kappa shape index (κ3) is 2.21. The molecular formula is C10H14N4O2. The van der Waals surface area contributed by atoms with Crippen LogP contribution >= 0.6 is 0 Å². The fourth-order valence-electron chi connectivity index (χ4n) is 1.85. The minimum atomic E-state index is -1.08.